The molecule has 110 valence electrons. The quantitative estimate of drug-likeness (QED) is 0.884. The Morgan fingerprint density at radius 1 is 1.45 bits per heavy atom. The largest absolute Gasteiger partial charge is 0.345 e. The van der Waals surface area contributed by atoms with E-state index in [0.717, 1.165) is 13.0 Å². The van der Waals surface area contributed by atoms with E-state index in [9.17, 15) is 8.42 Å². The molecule has 1 atom stereocenters. The zero-order chi connectivity index (χ0) is 13.5. The van der Waals surface area contributed by atoms with Crippen LogP contribution in [0.1, 0.15) is 6.42 Å². The van der Waals surface area contributed by atoms with E-state index in [1.54, 1.807) is 25.4 Å². The van der Waals surface area contributed by atoms with Gasteiger partial charge in [-0.3, -0.25) is 0 Å². The number of likely N-dealkylation sites (N-methyl/N-ethyl adjacent to an activating group) is 1. The molecule has 2 aromatic rings. The Morgan fingerprint density at radius 2 is 2.25 bits per heavy atom. The summed E-state index contributed by atoms with van der Waals surface area (Å²) in [5.41, 5.74) is 0.596. The third-order valence-corrected chi connectivity index (χ3v) is 5.57. The normalized spacial score (nSPS) is 19.4. The summed E-state index contributed by atoms with van der Waals surface area (Å²) in [4.78, 5) is 7.32. The summed E-state index contributed by atoms with van der Waals surface area (Å²) in [5, 5.41) is 3.82. The molecular weight excluding hydrogens is 300 g/mol. The van der Waals surface area contributed by atoms with Crippen molar-refractivity contribution in [2.75, 3.05) is 20.1 Å². The molecule has 1 saturated heterocycles. The molecule has 0 aromatic carbocycles. The highest BCUT2D eigenvalue weighted by Gasteiger charge is 2.31. The van der Waals surface area contributed by atoms with Crippen LogP contribution in [0.2, 0.25) is 0 Å². The summed E-state index contributed by atoms with van der Waals surface area (Å²) in [7, 11) is -1.84. The highest BCUT2D eigenvalue weighted by Crippen LogP contribution is 2.25. The highest BCUT2D eigenvalue weighted by molar-refractivity contribution is 7.89. The van der Waals surface area contributed by atoms with Crippen molar-refractivity contribution < 1.29 is 8.42 Å². The van der Waals surface area contributed by atoms with E-state index < -0.39 is 10.0 Å². The number of aromatic nitrogens is 2. The molecule has 1 aliphatic rings. The molecular formula is C12H17ClN4O2S. The maximum atomic E-state index is 12.6. The number of hydrogen-bond donors (Lipinski definition) is 2. The Hall–Kier alpha value is -1.15. The van der Waals surface area contributed by atoms with Crippen molar-refractivity contribution in [2.24, 2.45) is 0 Å². The molecule has 0 spiro atoms. The Kier molecular flexibility index (Phi) is 4.33. The van der Waals surface area contributed by atoms with Crippen molar-refractivity contribution in [3.05, 3.63) is 24.5 Å². The number of aromatic amines is 1. The summed E-state index contributed by atoms with van der Waals surface area (Å²) in [6.45, 7) is 1.57. The van der Waals surface area contributed by atoms with Crippen LogP contribution in [0.5, 0.6) is 0 Å². The molecule has 1 unspecified atom stereocenters. The average Bonchev–Trinajstić information content (AvgIpc) is 3.07. The lowest BCUT2D eigenvalue weighted by Gasteiger charge is -2.22. The van der Waals surface area contributed by atoms with Gasteiger partial charge >= 0.3 is 0 Å². The standard InChI is InChI=1S/C12H16N4O2S.ClH/c1-16(9-4-6-13-7-9)19(17,18)11-8-15-12-10(11)3-2-5-14-12;/h2-3,5,8-9,13H,4,6-7H2,1H3,(H,14,15);1H. The van der Waals surface area contributed by atoms with Gasteiger partial charge < -0.3 is 10.3 Å². The van der Waals surface area contributed by atoms with E-state index in [1.807, 2.05) is 0 Å². The SMILES string of the molecule is CN(C1CCNC1)S(=O)(=O)c1c[nH]c2ncccc12.Cl. The minimum absolute atomic E-state index is 0. The van der Waals surface area contributed by atoms with Gasteiger partial charge in [-0.15, -0.1) is 12.4 Å². The van der Waals surface area contributed by atoms with Crippen LogP contribution in [0, 0.1) is 0 Å². The van der Waals surface area contributed by atoms with Gasteiger partial charge in [0, 0.05) is 37.4 Å². The van der Waals surface area contributed by atoms with Gasteiger partial charge in [-0.1, -0.05) is 0 Å². The predicted molar refractivity (Wildman–Crippen MR) is 79.6 cm³/mol. The second kappa shape index (κ2) is 5.69. The molecule has 0 amide bonds. The maximum Gasteiger partial charge on any atom is 0.245 e. The molecule has 1 fully saturated rings. The smallest absolute Gasteiger partial charge is 0.245 e. The number of fused-ring (bicyclic) bond motifs is 1. The van der Waals surface area contributed by atoms with Crippen LogP contribution in [0.15, 0.2) is 29.4 Å². The van der Waals surface area contributed by atoms with Gasteiger partial charge in [0.1, 0.15) is 10.5 Å². The number of halogens is 1. The summed E-state index contributed by atoms with van der Waals surface area (Å²) in [6.07, 6.45) is 4.00. The van der Waals surface area contributed by atoms with E-state index >= 15 is 0 Å². The number of nitrogens with zero attached hydrogens (tertiary/aromatic N) is 2. The molecule has 6 nitrogen and oxygen atoms in total. The van der Waals surface area contributed by atoms with E-state index in [0.29, 0.717) is 22.5 Å². The molecule has 0 radical (unpaired) electrons. The van der Waals surface area contributed by atoms with Crippen LogP contribution in [0.4, 0.5) is 0 Å². The first-order chi connectivity index (χ1) is 9.10. The summed E-state index contributed by atoms with van der Waals surface area (Å²) < 4.78 is 26.8. The maximum absolute atomic E-state index is 12.6. The molecule has 3 rings (SSSR count). The Morgan fingerprint density at radius 3 is 2.95 bits per heavy atom. The number of hydrogen-bond acceptors (Lipinski definition) is 4. The van der Waals surface area contributed by atoms with Gasteiger partial charge in [-0.25, -0.2) is 13.4 Å². The lowest BCUT2D eigenvalue weighted by atomic mass is 10.3. The first-order valence-electron chi connectivity index (χ1n) is 6.21. The van der Waals surface area contributed by atoms with Gasteiger partial charge in [0.15, 0.2) is 0 Å². The van der Waals surface area contributed by atoms with Crippen molar-refractivity contribution in [1.29, 1.82) is 0 Å². The van der Waals surface area contributed by atoms with Crippen molar-refractivity contribution in [1.82, 2.24) is 19.6 Å². The van der Waals surface area contributed by atoms with Crippen molar-refractivity contribution >= 4 is 33.5 Å². The molecule has 8 heteroatoms. The van der Waals surface area contributed by atoms with Crippen LogP contribution >= 0.6 is 12.4 Å². The van der Waals surface area contributed by atoms with E-state index in [-0.39, 0.29) is 18.4 Å². The van der Waals surface area contributed by atoms with Crippen LogP contribution in [-0.2, 0) is 10.0 Å². The number of sulfonamides is 1. The molecule has 3 heterocycles. The third kappa shape index (κ3) is 2.42. The summed E-state index contributed by atoms with van der Waals surface area (Å²) >= 11 is 0. The topological polar surface area (TPSA) is 78.1 Å². The lowest BCUT2D eigenvalue weighted by molar-refractivity contribution is 0.388. The van der Waals surface area contributed by atoms with Crippen molar-refractivity contribution in [2.45, 2.75) is 17.4 Å². The molecule has 0 bridgehead atoms. The summed E-state index contributed by atoms with van der Waals surface area (Å²) in [6, 6.07) is 3.53. The van der Waals surface area contributed by atoms with Gasteiger partial charge in [-0.05, 0) is 25.1 Å². The number of pyridine rings is 1. The molecule has 2 aromatic heterocycles. The van der Waals surface area contributed by atoms with Crippen LogP contribution < -0.4 is 5.32 Å². The van der Waals surface area contributed by atoms with E-state index in [1.165, 1.54) is 10.5 Å². The van der Waals surface area contributed by atoms with Gasteiger partial charge in [0.25, 0.3) is 0 Å². The van der Waals surface area contributed by atoms with Crippen LogP contribution in [0.25, 0.3) is 11.0 Å². The Labute approximate surface area is 124 Å². The number of H-pyrrole nitrogens is 1. The van der Waals surface area contributed by atoms with Gasteiger partial charge in [0.05, 0.1) is 0 Å². The first kappa shape index (κ1) is 15.2. The second-order valence-corrected chi connectivity index (χ2v) is 6.69. The fourth-order valence-electron chi connectivity index (χ4n) is 2.45. The number of rotatable bonds is 3. The minimum Gasteiger partial charge on any atom is -0.345 e. The monoisotopic (exact) mass is 316 g/mol. The second-order valence-electron chi connectivity index (χ2n) is 4.72. The first-order valence-corrected chi connectivity index (χ1v) is 7.65. The Balaban J connectivity index is 0.00000147. The zero-order valence-corrected chi connectivity index (χ0v) is 12.7. The van der Waals surface area contributed by atoms with E-state index in [4.69, 9.17) is 0 Å². The Bertz CT molecular complexity index is 694. The van der Waals surface area contributed by atoms with Crippen LogP contribution in [-0.4, -0.2) is 48.9 Å². The lowest BCUT2D eigenvalue weighted by Crippen LogP contribution is -2.38. The molecule has 0 aliphatic carbocycles. The van der Waals surface area contributed by atoms with Gasteiger partial charge in [-0.2, -0.15) is 4.31 Å². The minimum atomic E-state index is -3.48. The van der Waals surface area contributed by atoms with Crippen molar-refractivity contribution in [3.63, 3.8) is 0 Å². The number of nitrogens with one attached hydrogen (secondary N) is 2. The molecule has 0 saturated carbocycles. The zero-order valence-electron chi connectivity index (χ0n) is 11.0. The van der Waals surface area contributed by atoms with Crippen molar-refractivity contribution in [3.8, 4) is 0 Å². The summed E-state index contributed by atoms with van der Waals surface area (Å²) in [5.74, 6) is 0. The average molecular weight is 317 g/mol. The third-order valence-electron chi connectivity index (χ3n) is 3.62. The molecule has 2 N–H and O–H groups in total. The highest BCUT2D eigenvalue weighted by atomic mass is 35.5. The van der Waals surface area contributed by atoms with Crippen LogP contribution in [0.3, 0.4) is 0 Å². The van der Waals surface area contributed by atoms with Gasteiger partial charge in [0.2, 0.25) is 10.0 Å². The molecule has 20 heavy (non-hydrogen) atoms. The fourth-order valence-corrected chi connectivity index (χ4v) is 3.98. The molecule has 1 aliphatic heterocycles. The predicted octanol–water partition coefficient (Wildman–Crippen LogP) is 0.967. The fraction of sp³-hybridized carbons (Fsp3) is 0.417. The van der Waals surface area contributed by atoms with E-state index in [2.05, 4.69) is 15.3 Å².